The highest BCUT2D eigenvalue weighted by molar-refractivity contribution is 6.09. The summed E-state index contributed by atoms with van der Waals surface area (Å²) >= 11 is 0. The van der Waals surface area contributed by atoms with Crippen molar-refractivity contribution in [2.75, 3.05) is 5.32 Å². The normalized spacial score (nSPS) is 11.1. The van der Waals surface area contributed by atoms with Crippen molar-refractivity contribution in [2.45, 2.75) is 13.5 Å². The highest BCUT2D eigenvalue weighted by atomic mass is 19.1. The topological polar surface area (TPSA) is 62.1 Å². The van der Waals surface area contributed by atoms with Crippen LogP contribution >= 0.6 is 0 Å². The molecule has 0 spiro atoms. The Morgan fingerprint density at radius 3 is 2.52 bits per heavy atom. The minimum Gasteiger partial charge on any atom is -0.488 e. The van der Waals surface area contributed by atoms with Crippen LogP contribution in [0, 0.1) is 24.1 Å². The molecule has 0 aromatic heterocycles. The lowest BCUT2D eigenvalue weighted by Crippen LogP contribution is -2.13. The Kier molecular flexibility index (Phi) is 6.47. The molecule has 0 aliphatic heterocycles. The third kappa shape index (κ3) is 5.08. The minimum atomic E-state index is -0.580. The van der Waals surface area contributed by atoms with Crippen LogP contribution in [0.5, 0.6) is 5.75 Å². The maximum absolute atomic E-state index is 13.1. The number of aryl methyl sites for hydroxylation is 1. The Morgan fingerprint density at radius 1 is 1.00 bits per heavy atom. The van der Waals surface area contributed by atoms with Crippen LogP contribution in [0.15, 0.2) is 90.5 Å². The molecule has 0 saturated carbocycles. The second-order valence-corrected chi connectivity index (χ2v) is 7.54. The zero-order valence-electron chi connectivity index (χ0n) is 18.0. The van der Waals surface area contributed by atoms with E-state index < -0.39 is 11.7 Å². The summed E-state index contributed by atoms with van der Waals surface area (Å²) in [7, 11) is 0. The lowest BCUT2D eigenvalue weighted by molar-refractivity contribution is -0.112. The van der Waals surface area contributed by atoms with Gasteiger partial charge in [0.1, 0.15) is 29.8 Å². The van der Waals surface area contributed by atoms with Crippen molar-refractivity contribution < 1.29 is 13.9 Å². The molecular formula is C28H21FN2O2. The minimum absolute atomic E-state index is 0.0864. The first-order valence-corrected chi connectivity index (χ1v) is 10.4. The summed E-state index contributed by atoms with van der Waals surface area (Å²) < 4.78 is 19.2. The number of hydrogen-bond acceptors (Lipinski definition) is 3. The van der Waals surface area contributed by atoms with Gasteiger partial charge in [-0.15, -0.1) is 0 Å². The summed E-state index contributed by atoms with van der Waals surface area (Å²) in [6.45, 7) is 2.40. The van der Waals surface area contributed by atoms with Crippen molar-refractivity contribution in [3.05, 3.63) is 113 Å². The Hall–Kier alpha value is -4.43. The standard InChI is InChI=1S/C28H21FN2O2/c1-19-10-11-20-6-2-4-8-25(20)26(19)18-33-27-9-5-3-7-21(27)16-22(17-30)28(32)31-24-14-12-23(29)13-15-24/h2-16H,18H2,1H3,(H,31,32)/b22-16+. The molecule has 0 unspecified atom stereocenters. The fourth-order valence-corrected chi connectivity index (χ4v) is 3.55. The van der Waals surface area contributed by atoms with Gasteiger partial charge in [0.2, 0.25) is 0 Å². The van der Waals surface area contributed by atoms with E-state index in [0.717, 1.165) is 21.9 Å². The zero-order valence-corrected chi connectivity index (χ0v) is 18.0. The number of rotatable bonds is 6. The molecule has 0 bridgehead atoms. The Balaban J connectivity index is 1.58. The van der Waals surface area contributed by atoms with Crippen LogP contribution in [-0.2, 0) is 11.4 Å². The fraction of sp³-hybridized carbons (Fsp3) is 0.0714. The predicted molar refractivity (Wildman–Crippen MR) is 128 cm³/mol. The molecule has 0 aliphatic rings. The molecule has 0 heterocycles. The Bertz CT molecular complexity index is 1390. The number of para-hydroxylation sites is 1. The van der Waals surface area contributed by atoms with Gasteiger partial charge in [0.05, 0.1) is 0 Å². The van der Waals surface area contributed by atoms with E-state index in [2.05, 4.69) is 29.6 Å². The lowest BCUT2D eigenvalue weighted by Gasteiger charge is -2.14. The van der Waals surface area contributed by atoms with Gasteiger partial charge < -0.3 is 10.1 Å². The first-order chi connectivity index (χ1) is 16.0. The number of benzene rings is 4. The van der Waals surface area contributed by atoms with E-state index in [0.29, 0.717) is 23.6 Å². The second-order valence-electron chi connectivity index (χ2n) is 7.54. The molecule has 0 radical (unpaired) electrons. The SMILES string of the molecule is Cc1ccc2ccccc2c1COc1ccccc1/C=C(\C#N)C(=O)Nc1ccc(F)cc1. The van der Waals surface area contributed by atoms with Crippen LogP contribution in [0.4, 0.5) is 10.1 Å². The number of nitriles is 1. The number of carbonyl (C=O) groups is 1. The van der Waals surface area contributed by atoms with Crippen molar-refractivity contribution in [1.82, 2.24) is 0 Å². The number of nitrogens with one attached hydrogen (secondary N) is 1. The monoisotopic (exact) mass is 436 g/mol. The molecular weight excluding hydrogens is 415 g/mol. The summed E-state index contributed by atoms with van der Waals surface area (Å²) in [5, 5.41) is 14.4. The highest BCUT2D eigenvalue weighted by Gasteiger charge is 2.12. The van der Waals surface area contributed by atoms with Crippen molar-refractivity contribution in [3.8, 4) is 11.8 Å². The van der Waals surface area contributed by atoms with E-state index in [-0.39, 0.29) is 5.57 Å². The van der Waals surface area contributed by atoms with Crippen LogP contribution in [0.1, 0.15) is 16.7 Å². The number of fused-ring (bicyclic) bond motifs is 1. The van der Waals surface area contributed by atoms with E-state index in [9.17, 15) is 14.4 Å². The summed E-state index contributed by atoms with van der Waals surface area (Å²) in [6.07, 6.45) is 1.49. The number of nitrogens with zero attached hydrogens (tertiary/aromatic N) is 1. The molecule has 162 valence electrons. The molecule has 0 saturated heterocycles. The van der Waals surface area contributed by atoms with Crippen molar-refractivity contribution >= 4 is 28.4 Å². The van der Waals surface area contributed by atoms with Gasteiger partial charge in [-0.25, -0.2) is 4.39 Å². The quantitative estimate of drug-likeness (QED) is 0.281. The zero-order chi connectivity index (χ0) is 23.2. The molecule has 4 rings (SSSR count). The maximum Gasteiger partial charge on any atom is 0.266 e. The molecule has 4 nitrogen and oxygen atoms in total. The maximum atomic E-state index is 13.1. The number of halogens is 1. The smallest absolute Gasteiger partial charge is 0.266 e. The number of amides is 1. The summed E-state index contributed by atoms with van der Waals surface area (Å²) in [4.78, 5) is 12.6. The number of hydrogen-bond donors (Lipinski definition) is 1. The molecule has 4 aromatic rings. The van der Waals surface area contributed by atoms with Crippen molar-refractivity contribution in [2.24, 2.45) is 0 Å². The Labute approximate surface area is 191 Å². The molecule has 0 fully saturated rings. The van der Waals surface area contributed by atoms with Gasteiger partial charge in [0.25, 0.3) is 5.91 Å². The molecule has 5 heteroatoms. The predicted octanol–water partition coefficient (Wildman–Crippen LogP) is 6.41. The van der Waals surface area contributed by atoms with E-state index in [1.54, 1.807) is 12.1 Å². The lowest BCUT2D eigenvalue weighted by atomic mass is 10.0. The van der Waals surface area contributed by atoms with Gasteiger partial charge in [-0.05, 0) is 59.7 Å². The molecule has 1 N–H and O–H groups in total. The largest absolute Gasteiger partial charge is 0.488 e. The molecule has 1 amide bonds. The van der Waals surface area contributed by atoms with Crippen LogP contribution in [0.25, 0.3) is 16.8 Å². The van der Waals surface area contributed by atoms with Crippen LogP contribution in [-0.4, -0.2) is 5.91 Å². The molecule has 0 aliphatic carbocycles. The third-order valence-corrected chi connectivity index (χ3v) is 5.33. The average molecular weight is 436 g/mol. The molecule has 33 heavy (non-hydrogen) atoms. The highest BCUT2D eigenvalue weighted by Crippen LogP contribution is 2.26. The van der Waals surface area contributed by atoms with Gasteiger partial charge in [-0.2, -0.15) is 5.26 Å². The van der Waals surface area contributed by atoms with Crippen molar-refractivity contribution in [3.63, 3.8) is 0 Å². The Morgan fingerprint density at radius 2 is 1.73 bits per heavy atom. The third-order valence-electron chi connectivity index (χ3n) is 5.33. The summed E-state index contributed by atoms with van der Waals surface area (Å²) in [5.41, 5.74) is 3.14. The van der Waals surface area contributed by atoms with Crippen LogP contribution in [0.2, 0.25) is 0 Å². The number of ether oxygens (including phenoxy) is 1. The average Bonchev–Trinajstić information content (AvgIpc) is 2.84. The van der Waals surface area contributed by atoms with Gasteiger partial charge in [0, 0.05) is 16.8 Å². The van der Waals surface area contributed by atoms with Gasteiger partial charge in [-0.1, -0.05) is 54.6 Å². The van der Waals surface area contributed by atoms with Crippen molar-refractivity contribution in [1.29, 1.82) is 5.26 Å². The van der Waals surface area contributed by atoms with Gasteiger partial charge >= 0.3 is 0 Å². The summed E-state index contributed by atoms with van der Waals surface area (Å²) in [6, 6.07) is 26.8. The molecule has 4 aromatic carbocycles. The molecule has 0 atom stereocenters. The van der Waals surface area contributed by atoms with E-state index >= 15 is 0 Å². The summed E-state index contributed by atoms with van der Waals surface area (Å²) in [5.74, 6) is -0.424. The van der Waals surface area contributed by atoms with Gasteiger partial charge in [0.15, 0.2) is 0 Å². The first kappa shape index (κ1) is 21.8. The van der Waals surface area contributed by atoms with Crippen LogP contribution < -0.4 is 10.1 Å². The second kappa shape index (κ2) is 9.80. The van der Waals surface area contributed by atoms with Crippen LogP contribution in [0.3, 0.4) is 0 Å². The van der Waals surface area contributed by atoms with E-state index in [1.807, 2.05) is 37.3 Å². The fourth-order valence-electron chi connectivity index (χ4n) is 3.55. The first-order valence-electron chi connectivity index (χ1n) is 10.4. The van der Waals surface area contributed by atoms with E-state index in [1.165, 1.54) is 30.3 Å². The van der Waals surface area contributed by atoms with Gasteiger partial charge in [-0.3, -0.25) is 4.79 Å². The number of anilines is 1. The number of carbonyl (C=O) groups excluding carboxylic acids is 1. The van der Waals surface area contributed by atoms with E-state index in [4.69, 9.17) is 4.74 Å².